The van der Waals surface area contributed by atoms with Crippen LogP contribution >= 0.6 is 0 Å². The largest absolute Gasteiger partial charge is 0.272 e. The Morgan fingerprint density at radius 2 is 1.94 bits per heavy atom. The number of rotatable bonds is 3. The SMILES string of the molecule is CC(C)CC1(C(=O)N2CCCCO2)CCCC1. The summed E-state index contributed by atoms with van der Waals surface area (Å²) in [6.07, 6.45) is 7.71. The number of hydroxylamine groups is 2. The summed E-state index contributed by atoms with van der Waals surface area (Å²) >= 11 is 0. The monoisotopic (exact) mass is 239 g/mol. The minimum atomic E-state index is -0.106. The molecule has 0 atom stereocenters. The fourth-order valence-corrected chi connectivity index (χ4v) is 3.36. The van der Waals surface area contributed by atoms with E-state index in [1.807, 2.05) is 0 Å². The summed E-state index contributed by atoms with van der Waals surface area (Å²) in [6, 6.07) is 0. The first kappa shape index (κ1) is 12.9. The van der Waals surface area contributed by atoms with Crippen LogP contribution in [0.15, 0.2) is 0 Å². The van der Waals surface area contributed by atoms with Crippen LogP contribution in [0.5, 0.6) is 0 Å². The third-order valence-electron chi connectivity index (χ3n) is 4.04. The van der Waals surface area contributed by atoms with Gasteiger partial charge in [0.2, 0.25) is 0 Å². The lowest BCUT2D eigenvalue weighted by Gasteiger charge is -2.36. The van der Waals surface area contributed by atoms with E-state index < -0.39 is 0 Å². The molecule has 0 aromatic rings. The third kappa shape index (κ3) is 2.82. The average Bonchev–Trinajstić information content (AvgIpc) is 2.78. The van der Waals surface area contributed by atoms with Gasteiger partial charge >= 0.3 is 0 Å². The van der Waals surface area contributed by atoms with Gasteiger partial charge in [-0.3, -0.25) is 9.63 Å². The number of amides is 1. The Hall–Kier alpha value is -0.570. The Bertz CT molecular complexity index is 263. The number of nitrogens with zero attached hydrogens (tertiary/aromatic N) is 1. The highest BCUT2D eigenvalue weighted by Crippen LogP contribution is 2.44. The summed E-state index contributed by atoms with van der Waals surface area (Å²) in [5.74, 6) is 0.852. The van der Waals surface area contributed by atoms with Crippen LogP contribution in [0, 0.1) is 11.3 Å². The Morgan fingerprint density at radius 1 is 1.24 bits per heavy atom. The molecule has 0 aromatic heterocycles. The highest BCUT2D eigenvalue weighted by Gasteiger charge is 2.44. The lowest BCUT2D eigenvalue weighted by Crippen LogP contribution is -2.45. The second-order valence-electron chi connectivity index (χ2n) is 6.03. The molecule has 0 spiro atoms. The Balaban J connectivity index is 2.06. The van der Waals surface area contributed by atoms with Gasteiger partial charge in [0.15, 0.2) is 0 Å². The molecule has 17 heavy (non-hydrogen) atoms. The molecule has 3 heteroatoms. The fraction of sp³-hybridized carbons (Fsp3) is 0.929. The number of hydrogen-bond donors (Lipinski definition) is 0. The smallest absolute Gasteiger partial charge is 0.252 e. The van der Waals surface area contributed by atoms with Crippen molar-refractivity contribution >= 4 is 5.91 Å². The average molecular weight is 239 g/mol. The highest BCUT2D eigenvalue weighted by atomic mass is 16.7. The van der Waals surface area contributed by atoms with Crippen molar-refractivity contribution in [2.24, 2.45) is 11.3 Å². The van der Waals surface area contributed by atoms with Crippen LogP contribution in [0.1, 0.15) is 58.8 Å². The van der Waals surface area contributed by atoms with Gasteiger partial charge in [-0.05, 0) is 38.0 Å². The van der Waals surface area contributed by atoms with Gasteiger partial charge in [-0.2, -0.15) is 0 Å². The van der Waals surface area contributed by atoms with Crippen LogP contribution in [0.3, 0.4) is 0 Å². The lowest BCUT2D eigenvalue weighted by molar-refractivity contribution is -0.208. The van der Waals surface area contributed by atoms with E-state index in [9.17, 15) is 4.79 Å². The van der Waals surface area contributed by atoms with E-state index in [0.717, 1.165) is 38.6 Å². The lowest BCUT2D eigenvalue weighted by atomic mass is 9.77. The second-order valence-corrected chi connectivity index (χ2v) is 6.03. The van der Waals surface area contributed by atoms with Gasteiger partial charge in [0, 0.05) is 6.54 Å². The van der Waals surface area contributed by atoms with Crippen LogP contribution in [0.25, 0.3) is 0 Å². The fourth-order valence-electron chi connectivity index (χ4n) is 3.36. The van der Waals surface area contributed by atoms with E-state index in [4.69, 9.17) is 4.84 Å². The summed E-state index contributed by atoms with van der Waals surface area (Å²) in [4.78, 5) is 18.2. The topological polar surface area (TPSA) is 29.5 Å². The molecule has 0 radical (unpaired) electrons. The van der Waals surface area contributed by atoms with Crippen molar-refractivity contribution in [2.75, 3.05) is 13.2 Å². The van der Waals surface area contributed by atoms with Gasteiger partial charge < -0.3 is 0 Å². The van der Waals surface area contributed by atoms with E-state index in [-0.39, 0.29) is 11.3 Å². The number of carbonyl (C=O) groups is 1. The first-order valence-electron chi connectivity index (χ1n) is 7.09. The first-order chi connectivity index (χ1) is 8.14. The molecule has 2 fully saturated rings. The molecular weight excluding hydrogens is 214 g/mol. The zero-order chi connectivity index (χ0) is 12.3. The van der Waals surface area contributed by atoms with Crippen LogP contribution in [-0.4, -0.2) is 24.1 Å². The summed E-state index contributed by atoms with van der Waals surface area (Å²) < 4.78 is 0. The van der Waals surface area contributed by atoms with Crippen LogP contribution in [0.4, 0.5) is 0 Å². The summed E-state index contributed by atoms with van der Waals surface area (Å²) in [6.45, 7) is 5.93. The van der Waals surface area contributed by atoms with Gasteiger partial charge in [0.25, 0.3) is 5.91 Å². The van der Waals surface area contributed by atoms with E-state index in [2.05, 4.69) is 13.8 Å². The van der Waals surface area contributed by atoms with Crippen molar-refractivity contribution < 1.29 is 9.63 Å². The maximum Gasteiger partial charge on any atom is 0.252 e. The molecule has 1 heterocycles. The quantitative estimate of drug-likeness (QED) is 0.757. The van der Waals surface area contributed by atoms with Crippen LogP contribution in [-0.2, 0) is 9.63 Å². The number of carbonyl (C=O) groups excluding carboxylic acids is 1. The van der Waals surface area contributed by atoms with Gasteiger partial charge in [-0.1, -0.05) is 26.7 Å². The van der Waals surface area contributed by atoms with Gasteiger partial charge in [-0.15, -0.1) is 0 Å². The molecule has 1 saturated carbocycles. The minimum absolute atomic E-state index is 0.106. The molecular formula is C14H25NO2. The Labute approximate surface area is 104 Å². The van der Waals surface area contributed by atoms with Crippen LogP contribution < -0.4 is 0 Å². The van der Waals surface area contributed by atoms with E-state index in [1.54, 1.807) is 5.06 Å². The van der Waals surface area contributed by atoms with Crippen molar-refractivity contribution in [1.82, 2.24) is 5.06 Å². The predicted molar refractivity (Wildman–Crippen MR) is 67.3 cm³/mol. The molecule has 1 amide bonds. The molecule has 2 rings (SSSR count). The van der Waals surface area contributed by atoms with E-state index >= 15 is 0 Å². The summed E-state index contributed by atoms with van der Waals surface area (Å²) in [5, 5.41) is 1.66. The van der Waals surface area contributed by atoms with Crippen molar-refractivity contribution in [2.45, 2.75) is 58.8 Å². The summed E-state index contributed by atoms with van der Waals surface area (Å²) in [5.41, 5.74) is -0.106. The van der Waals surface area contributed by atoms with Crippen molar-refractivity contribution in [1.29, 1.82) is 0 Å². The third-order valence-corrected chi connectivity index (χ3v) is 4.04. The first-order valence-corrected chi connectivity index (χ1v) is 7.09. The van der Waals surface area contributed by atoms with E-state index in [0.29, 0.717) is 12.5 Å². The number of hydrogen-bond acceptors (Lipinski definition) is 2. The molecule has 0 unspecified atom stereocenters. The molecule has 1 aliphatic heterocycles. The van der Waals surface area contributed by atoms with Crippen molar-refractivity contribution in [3.05, 3.63) is 0 Å². The minimum Gasteiger partial charge on any atom is -0.272 e. The van der Waals surface area contributed by atoms with Gasteiger partial charge in [0.1, 0.15) is 0 Å². The Kier molecular flexibility index (Phi) is 4.08. The highest BCUT2D eigenvalue weighted by molar-refractivity contribution is 5.82. The van der Waals surface area contributed by atoms with Gasteiger partial charge in [0.05, 0.1) is 12.0 Å². The zero-order valence-electron chi connectivity index (χ0n) is 11.2. The molecule has 1 saturated heterocycles. The van der Waals surface area contributed by atoms with Crippen LogP contribution in [0.2, 0.25) is 0 Å². The molecule has 0 aromatic carbocycles. The summed E-state index contributed by atoms with van der Waals surface area (Å²) in [7, 11) is 0. The molecule has 2 aliphatic rings. The van der Waals surface area contributed by atoms with Gasteiger partial charge in [-0.25, -0.2) is 5.06 Å². The molecule has 0 bridgehead atoms. The standard InChI is InChI=1S/C14H25NO2/c1-12(2)11-14(7-3-4-8-14)13(16)15-9-5-6-10-17-15/h12H,3-11H2,1-2H3. The Morgan fingerprint density at radius 3 is 2.47 bits per heavy atom. The normalized spacial score (nSPS) is 24.3. The second kappa shape index (κ2) is 5.38. The van der Waals surface area contributed by atoms with Crippen molar-refractivity contribution in [3.63, 3.8) is 0 Å². The zero-order valence-corrected chi connectivity index (χ0v) is 11.2. The molecule has 1 aliphatic carbocycles. The predicted octanol–water partition coefficient (Wildman–Crippen LogP) is 3.15. The molecule has 98 valence electrons. The maximum absolute atomic E-state index is 12.7. The molecule has 0 N–H and O–H groups in total. The van der Waals surface area contributed by atoms with E-state index in [1.165, 1.54) is 12.8 Å². The van der Waals surface area contributed by atoms with Crippen molar-refractivity contribution in [3.8, 4) is 0 Å². The molecule has 3 nitrogen and oxygen atoms in total. The maximum atomic E-state index is 12.7.